The molecule has 0 radical (unpaired) electrons. The maximum Gasteiger partial charge on any atom is 0.198 e. The minimum absolute atomic E-state index is 0.766. The maximum atomic E-state index is 6.02. The van der Waals surface area contributed by atoms with E-state index < -0.39 is 0 Å². The fourth-order valence-corrected chi connectivity index (χ4v) is 2.50. The highest BCUT2D eigenvalue weighted by atomic mass is 16.5. The van der Waals surface area contributed by atoms with Crippen LogP contribution in [0.1, 0.15) is 0 Å². The third-order valence-electron chi connectivity index (χ3n) is 3.47. The number of aromatic nitrogens is 1. The van der Waals surface area contributed by atoms with Crippen molar-refractivity contribution < 1.29 is 4.74 Å². The van der Waals surface area contributed by atoms with Crippen LogP contribution < -0.4 is 4.74 Å². The lowest BCUT2D eigenvalue weighted by Crippen LogP contribution is -1.85. The fourth-order valence-electron chi connectivity index (χ4n) is 2.50. The van der Waals surface area contributed by atoms with Crippen LogP contribution in [0.3, 0.4) is 0 Å². The molecule has 20 heavy (non-hydrogen) atoms. The van der Waals surface area contributed by atoms with Crippen LogP contribution in [-0.2, 0) is 0 Å². The van der Waals surface area contributed by atoms with E-state index in [1.54, 1.807) is 0 Å². The summed E-state index contributed by atoms with van der Waals surface area (Å²) < 4.78 is 6.02. The van der Waals surface area contributed by atoms with Crippen molar-refractivity contribution in [3.63, 3.8) is 0 Å². The molecule has 0 saturated carbocycles. The predicted octanol–water partition coefficient (Wildman–Crippen LogP) is 5.11. The lowest BCUT2D eigenvalue weighted by atomic mass is 10.1. The summed E-state index contributed by atoms with van der Waals surface area (Å²) in [6, 6.07) is 24.5. The highest BCUT2D eigenvalue weighted by Crippen LogP contribution is 2.30. The molecule has 96 valence electrons. The minimum atomic E-state index is 0.766. The SMILES string of the molecule is c1ccc2[nH]c(Oc3cccc4ccccc34)cc2c1. The topological polar surface area (TPSA) is 25.0 Å². The second kappa shape index (κ2) is 4.42. The molecule has 1 N–H and O–H groups in total. The van der Waals surface area contributed by atoms with Gasteiger partial charge in [0.15, 0.2) is 5.88 Å². The van der Waals surface area contributed by atoms with Gasteiger partial charge in [-0.2, -0.15) is 0 Å². The summed E-state index contributed by atoms with van der Waals surface area (Å²) in [6.45, 7) is 0. The first kappa shape index (κ1) is 11.1. The Hall–Kier alpha value is -2.74. The van der Waals surface area contributed by atoms with E-state index in [0.717, 1.165) is 27.9 Å². The summed E-state index contributed by atoms with van der Waals surface area (Å²) in [5.74, 6) is 1.64. The summed E-state index contributed by atoms with van der Waals surface area (Å²) >= 11 is 0. The molecule has 0 saturated heterocycles. The Bertz CT molecular complexity index is 854. The lowest BCUT2D eigenvalue weighted by molar-refractivity contribution is 0.473. The summed E-state index contributed by atoms with van der Waals surface area (Å²) in [5.41, 5.74) is 1.09. The third kappa shape index (κ3) is 1.82. The molecule has 0 fully saturated rings. The van der Waals surface area contributed by atoms with Crippen LogP contribution in [0.4, 0.5) is 0 Å². The zero-order chi connectivity index (χ0) is 13.4. The number of para-hydroxylation sites is 1. The van der Waals surface area contributed by atoms with Crippen LogP contribution >= 0.6 is 0 Å². The molecule has 2 nitrogen and oxygen atoms in total. The number of rotatable bonds is 2. The van der Waals surface area contributed by atoms with Crippen molar-refractivity contribution in [3.8, 4) is 11.6 Å². The van der Waals surface area contributed by atoms with Crippen LogP contribution in [0, 0.1) is 0 Å². The van der Waals surface area contributed by atoms with Crippen molar-refractivity contribution in [1.82, 2.24) is 4.98 Å². The number of nitrogens with one attached hydrogen (secondary N) is 1. The Kier molecular flexibility index (Phi) is 2.46. The van der Waals surface area contributed by atoms with E-state index in [2.05, 4.69) is 29.2 Å². The number of ether oxygens (including phenoxy) is 1. The first-order chi connectivity index (χ1) is 9.90. The van der Waals surface area contributed by atoms with Gasteiger partial charge in [-0.15, -0.1) is 0 Å². The molecular formula is C18H13NO. The van der Waals surface area contributed by atoms with E-state index in [0.29, 0.717) is 0 Å². The van der Waals surface area contributed by atoms with Gasteiger partial charge in [0.1, 0.15) is 5.75 Å². The van der Waals surface area contributed by atoms with Crippen LogP contribution in [0.5, 0.6) is 11.6 Å². The van der Waals surface area contributed by atoms with Crippen molar-refractivity contribution in [3.05, 3.63) is 72.8 Å². The molecule has 0 aliphatic carbocycles. The molecule has 4 rings (SSSR count). The second-order valence-corrected chi connectivity index (χ2v) is 4.80. The highest BCUT2D eigenvalue weighted by molar-refractivity contribution is 5.88. The van der Waals surface area contributed by atoms with Gasteiger partial charge in [-0.05, 0) is 17.5 Å². The molecule has 0 amide bonds. The van der Waals surface area contributed by atoms with Crippen molar-refractivity contribution in [2.45, 2.75) is 0 Å². The minimum Gasteiger partial charge on any atom is -0.440 e. The Morgan fingerprint density at radius 2 is 1.45 bits per heavy atom. The largest absolute Gasteiger partial charge is 0.440 e. The summed E-state index contributed by atoms with van der Waals surface area (Å²) in [6.07, 6.45) is 0. The van der Waals surface area contributed by atoms with Gasteiger partial charge >= 0.3 is 0 Å². The molecule has 1 aromatic heterocycles. The van der Waals surface area contributed by atoms with Gasteiger partial charge in [-0.25, -0.2) is 0 Å². The van der Waals surface area contributed by atoms with E-state index in [4.69, 9.17) is 4.74 Å². The lowest BCUT2D eigenvalue weighted by Gasteiger charge is -2.06. The first-order valence-corrected chi connectivity index (χ1v) is 6.63. The molecule has 3 aromatic carbocycles. The summed E-state index contributed by atoms with van der Waals surface area (Å²) in [7, 11) is 0. The molecule has 0 bridgehead atoms. The van der Waals surface area contributed by atoms with E-state index in [1.807, 2.05) is 48.5 Å². The Balaban J connectivity index is 1.80. The number of aromatic amines is 1. The van der Waals surface area contributed by atoms with E-state index in [-0.39, 0.29) is 0 Å². The van der Waals surface area contributed by atoms with Crippen LogP contribution in [0.15, 0.2) is 72.8 Å². The molecule has 0 spiro atoms. The molecule has 0 aliphatic rings. The zero-order valence-electron chi connectivity index (χ0n) is 10.8. The van der Waals surface area contributed by atoms with Crippen LogP contribution in [0.25, 0.3) is 21.7 Å². The number of hydrogen-bond donors (Lipinski definition) is 1. The van der Waals surface area contributed by atoms with Crippen LogP contribution in [0.2, 0.25) is 0 Å². The number of H-pyrrole nitrogens is 1. The average Bonchev–Trinajstić information content (AvgIpc) is 2.90. The molecular weight excluding hydrogens is 246 g/mol. The Morgan fingerprint density at radius 3 is 2.35 bits per heavy atom. The van der Waals surface area contributed by atoms with Crippen molar-refractivity contribution in [1.29, 1.82) is 0 Å². The van der Waals surface area contributed by atoms with E-state index >= 15 is 0 Å². The van der Waals surface area contributed by atoms with Crippen LogP contribution in [-0.4, -0.2) is 4.98 Å². The van der Waals surface area contributed by atoms with Crippen molar-refractivity contribution in [2.75, 3.05) is 0 Å². The normalized spacial score (nSPS) is 11.0. The van der Waals surface area contributed by atoms with Gasteiger partial charge in [0.25, 0.3) is 0 Å². The standard InChI is InChI=1S/C18H13NO/c1-3-9-15-13(6-1)8-5-11-17(15)20-18-12-14-7-2-4-10-16(14)19-18/h1-12,19H. The Labute approximate surface area is 116 Å². The summed E-state index contributed by atoms with van der Waals surface area (Å²) in [5, 5.41) is 3.46. The van der Waals surface area contributed by atoms with Gasteiger partial charge in [-0.3, -0.25) is 0 Å². The van der Waals surface area contributed by atoms with Gasteiger partial charge < -0.3 is 9.72 Å². The molecule has 4 aromatic rings. The molecule has 1 heterocycles. The number of hydrogen-bond acceptors (Lipinski definition) is 1. The zero-order valence-corrected chi connectivity index (χ0v) is 10.8. The number of fused-ring (bicyclic) bond motifs is 2. The van der Waals surface area contributed by atoms with Crippen molar-refractivity contribution in [2.24, 2.45) is 0 Å². The second-order valence-electron chi connectivity index (χ2n) is 4.80. The summed E-state index contributed by atoms with van der Waals surface area (Å²) in [4.78, 5) is 3.29. The number of benzene rings is 3. The van der Waals surface area contributed by atoms with Gasteiger partial charge in [0.05, 0.1) is 0 Å². The van der Waals surface area contributed by atoms with Gasteiger partial charge in [-0.1, -0.05) is 54.6 Å². The highest BCUT2D eigenvalue weighted by Gasteiger charge is 2.05. The monoisotopic (exact) mass is 259 g/mol. The fraction of sp³-hybridized carbons (Fsp3) is 0. The smallest absolute Gasteiger partial charge is 0.198 e. The van der Waals surface area contributed by atoms with Gasteiger partial charge in [0, 0.05) is 22.4 Å². The molecule has 0 unspecified atom stereocenters. The first-order valence-electron chi connectivity index (χ1n) is 6.63. The predicted molar refractivity (Wildman–Crippen MR) is 82.3 cm³/mol. The average molecular weight is 259 g/mol. The molecule has 0 atom stereocenters. The quantitative estimate of drug-likeness (QED) is 0.531. The van der Waals surface area contributed by atoms with E-state index in [1.165, 1.54) is 5.39 Å². The maximum absolute atomic E-state index is 6.02. The van der Waals surface area contributed by atoms with Gasteiger partial charge in [0.2, 0.25) is 0 Å². The molecule has 0 aliphatic heterocycles. The third-order valence-corrected chi connectivity index (χ3v) is 3.47. The molecule has 2 heteroatoms. The van der Waals surface area contributed by atoms with E-state index in [9.17, 15) is 0 Å². The Morgan fingerprint density at radius 1 is 0.700 bits per heavy atom. The van der Waals surface area contributed by atoms with Crippen molar-refractivity contribution >= 4 is 21.7 Å².